The van der Waals surface area contributed by atoms with Gasteiger partial charge < -0.3 is 18.9 Å². The van der Waals surface area contributed by atoms with Crippen molar-refractivity contribution in [3.63, 3.8) is 0 Å². The molecule has 0 aromatic heterocycles. The van der Waals surface area contributed by atoms with Crippen LogP contribution >= 0.6 is 0 Å². The molecule has 2 aromatic rings. The van der Waals surface area contributed by atoms with Crippen molar-refractivity contribution >= 4 is 12.3 Å². The molecule has 1 saturated carbocycles. The largest absolute Gasteiger partial charge is 0.513 e. The smallest absolute Gasteiger partial charge is 0.434 e. The summed E-state index contributed by atoms with van der Waals surface area (Å²) in [6, 6.07) is 15.3. The van der Waals surface area contributed by atoms with Crippen LogP contribution in [0.15, 0.2) is 48.5 Å². The molecule has 1 aliphatic carbocycles. The zero-order chi connectivity index (χ0) is 21.4. The highest BCUT2D eigenvalue weighted by Gasteiger charge is 2.35. The second kappa shape index (κ2) is 10.1. The molecule has 1 fully saturated rings. The van der Waals surface area contributed by atoms with Crippen LogP contribution in [-0.2, 0) is 14.9 Å². The molecule has 0 amide bonds. The number of benzene rings is 2. The van der Waals surface area contributed by atoms with Crippen molar-refractivity contribution in [1.29, 1.82) is 0 Å². The van der Waals surface area contributed by atoms with Crippen LogP contribution in [0.5, 0.6) is 11.5 Å². The number of hydrogen-bond acceptors (Lipinski definition) is 6. The van der Waals surface area contributed by atoms with Gasteiger partial charge in [0.15, 0.2) is 0 Å². The first-order valence-corrected chi connectivity index (χ1v) is 10.5. The normalized spacial score (nSPS) is 15.1. The zero-order valence-corrected chi connectivity index (χ0v) is 17.5. The molecule has 0 unspecified atom stereocenters. The molecule has 6 heteroatoms. The van der Waals surface area contributed by atoms with Gasteiger partial charge in [0.1, 0.15) is 11.5 Å². The fraction of sp³-hybridized carbons (Fsp3) is 0.417. The zero-order valence-electron chi connectivity index (χ0n) is 17.5. The minimum absolute atomic E-state index is 0.122. The van der Waals surface area contributed by atoms with Gasteiger partial charge in [-0.3, -0.25) is 0 Å². The van der Waals surface area contributed by atoms with Crippen LogP contribution in [-0.4, -0.2) is 25.5 Å². The maximum atomic E-state index is 11.5. The summed E-state index contributed by atoms with van der Waals surface area (Å²) in [5.74, 6) is 0.919. The van der Waals surface area contributed by atoms with E-state index in [-0.39, 0.29) is 18.6 Å². The van der Waals surface area contributed by atoms with Crippen molar-refractivity contribution in [2.24, 2.45) is 0 Å². The first kappa shape index (κ1) is 21.7. The van der Waals surface area contributed by atoms with Crippen molar-refractivity contribution < 1.29 is 28.5 Å². The molecule has 30 heavy (non-hydrogen) atoms. The third-order valence-corrected chi connectivity index (χ3v) is 5.45. The van der Waals surface area contributed by atoms with Crippen molar-refractivity contribution in [3.8, 4) is 11.5 Å². The monoisotopic (exact) mass is 412 g/mol. The Kier molecular flexibility index (Phi) is 7.33. The molecule has 0 atom stereocenters. The summed E-state index contributed by atoms with van der Waals surface area (Å²) in [5.41, 5.74) is 2.23. The van der Waals surface area contributed by atoms with Gasteiger partial charge in [0.25, 0.3) is 0 Å². The minimum atomic E-state index is -0.699. The molecule has 0 bridgehead atoms. The maximum Gasteiger partial charge on any atom is 0.513 e. The van der Waals surface area contributed by atoms with Gasteiger partial charge in [-0.25, -0.2) is 9.59 Å². The summed E-state index contributed by atoms with van der Waals surface area (Å²) in [7, 11) is 0. The summed E-state index contributed by atoms with van der Waals surface area (Å²) in [6.45, 7) is 4.02. The minimum Gasteiger partial charge on any atom is -0.434 e. The fourth-order valence-corrected chi connectivity index (χ4v) is 4.07. The maximum absolute atomic E-state index is 11.5. The Hall–Kier alpha value is -3.02. The van der Waals surface area contributed by atoms with E-state index in [4.69, 9.17) is 18.9 Å². The Bertz CT molecular complexity index is 770. The van der Waals surface area contributed by atoms with Crippen molar-refractivity contribution in [1.82, 2.24) is 0 Å². The van der Waals surface area contributed by atoms with Gasteiger partial charge in [0, 0.05) is 5.41 Å². The van der Waals surface area contributed by atoms with Crippen molar-refractivity contribution in [3.05, 3.63) is 59.7 Å². The highest BCUT2D eigenvalue weighted by Crippen LogP contribution is 2.45. The van der Waals surface area contributed by atoms with E-state index in [1.807, 2.05) is 24.3 Å². The number of hydrogen-bond donors (Lipinski definition) is 0. The van der Waals surface area contributed by atoms with E-state index in [1.54, 1.807) is 38.1 Å². The van der Waals surface area contributed by atoms with E-state index >= 15 is 0 Å². The topological polar surface area (TPSA) is 71.1 Å². The number of carbonyl (C=O) groups excluding carboxylic acids is 2. The van der Waals surface area contributed by atoms with Crippen LogP contribution in [0.3, 0.4) is 0 Å². The second-order valence-electron chi connectivity index (χ2n) is 7.26. The van der Waals surface area contributed by atoms with Gasteiger partial charge >= 0.3 is 12.3 Å². The first-order chi connectivity index (χ1) is 14.6. The molecule has 160 valence electrons. The Morgan fingerprint density at radius 3 is 1.47 bits per heavy atom. The van der Waals surface area contributed by atoms with Gasteiger partial charge in [-0.05, 0) is 62.1 Å². The second-order valence-corrected chi connectivity index (χ2v) is 7.26. The van der Waals surface area contributed by atoms with Crippen molar-refractivity contribution in [2.75, 3.05) is 13.2 Å². The Labute approximate surface area is 177 Å². The van der Waals surface area contributed by atoms with Crippen molar-refractivity contribution in [2.45, 2.75) is 51.4 Å². The first-order valence-electron chi connectivity index (χ1n) is 10.5. The lowest BCUT2D eigenvalue weighted by Gasteiger charge is -2.38. The van der Waals surface area contributed by atoms with E-state index in [9.17, 15) is 9.59 Å². The molecule has 0 spiro atoms. The molecule has 0 radical (unpaired) electrons. The summed E-state index contributed by atoms with van der Waals surface area (Å²) in [5, 5.41) is 0. The molecule has 3 rings (SSSR count). The molecule has 0 N–H and O–H groups in total. The van der Waals surface area contributed by atoms with Gasteiger partial charge in [-0.1, -0.05) is 43.5 Å². The quantitative estimate of drug-likeness (QED) is 0.428. The molecule has 6 nitrogen and oxygen atoms in total. The van der Waals surface area contributed by atoms with Gasteiger partial charge in [0.2, 0.25) is 0 Å². The predicted octanol–water partition coefficient (Wildman–Crippen LogP) is 6.01. The Morgan fingerprint density at radius 1 is 0.700 bits per heavy atom. The van der Waals surface area contributed by atoms with Crippen LogP contribution < -0.4 is 9.47 Å². The number of carbonyl (C=O) groups is 2. The van der Waals surface area contributed by atoms with E-state index in [0.29, 0.717) is 11.5 Å². The molecule has 0 saturated heterocycles. The van der Waals surface area contributed by atoms with E-state index in [1.165, 1.54) is 17.5 Å². The summed E-state index contributed by atoms with van der Waals surface area (Å²) in [6.07, 6.45) is 4.16. The van der Waals surface area contributed by atoms with Crippen LogP contribution in [0.25, 0.3) is 0 Å². The number of rotatable bonds is 6. The van der Waals surface area contributed by atoms with Crippen LogP contribution in [0.2, 0.25) is 0 Å². The van der Waals surface area contributed by atoms with Crippen LogP contribution in [0.1, 0.15) is 57.1 Å². The van der Waals surface area contributed by atoms with Crippen LogP contribution in [0, 0.1) is 0 Å². The predicted molar refractivity (Wildman–Crippen MR) is 112 cm³/mol. The molecule has 2 aromatic carbocycles. The SMILES string of the molecule is CCOC(=O)Oc1ccc(C2(c3ccc(OC(=O)OCC)cc3)CCCCC2)cc1. The standard InChI is InChI=1S/C24H28O6/c1-3-27-22(25)29-20-12-8-18(9-13-20)24(16-6-5-7-17-24)19-10-14-21(15-11-19)30-23(26)28-4-2/h8-15H,3-7,16-17H2,1-2H3. The highest BCUT2D eigenvalue weighted by atomic mass is 16.7. The van der Waals surface area contributed by atoms with E-state index < -0.39 is 12.3 Å². The lowest BCUT2D eigenvalue weighted by molar-refractivity contribution is 0.103. The average Bonchev–Trinajstić information content (AvgIpc) is 2.75. The molecule has 0 aliphatic heterocycles. The molecular weight excluding hydrogens is 384 g/mol. The van der Waals surface area contributed by atoms with Gasteiger partial charge in [0.05, 0.1) is 13.2 Å². The van der Waals surface area contributed by atoms with E-state index in [0.717, 1.165) is 25.7 Å². The lowest BCUT2D eigenvalue weighted by Crippen LogP contribution is -2.30. The highest BCUT2D eigenvalue weighted by molar-refractivity contribution is 5.64. The Morgan fingerprint density at radius 2 is 1.10 bits per heavy atom. The summed E-state index contributed by atoms with van der Waals surface area (Å²) in [4.78, 5) is 23.1. The molecule has 0 heterocycles. The number of ether oxygens (including phenoxy) is 4. The summed E-state index contributed by atoms with van der Waals surface area (Å²) < 4.78 is 20.0. The van der Waals surface area contributed by atoms with Crippen LogP contribution in [0.4, 0.5) is 9.59 Å². The molecular formula is C24H28O6. The molecule has 1 aliphatic rings. The fourth-order valence-electron chi connectivity index (χ4n) is 4.07. The van der Waals surface area contributed by atoms with E-state index in [2.05, 4.69) is 0 Å². The third-order valence-electron chi connectivity index (χ3n) is 5.45. The lowest BCUT2D eigenvalue weighted by atomic mass is 9.65. The van der Waals surface area contributed by atoms with Gasteiger partial charge in [-0.15, -0.1) is 0 Å². The average molecular weight is 412 g/mol. The third kappa shape index (κ3) is 5.12. The van der Waals surface area contributed by atoms with Gasteiger partial charge in [-0.2, -0.15) is 0 Å². The summed E-state index contributed by atoms with van der Waals surface area (Å²) >= 11 is 0. The Balaban J connectivity index is 1.82.